The average molecular weight is 238 g/mol. The van der Waals surface area contributed by atoms with Crippen molar-refractivity contribution in [3.05, 3.63) is 53.3 Å². The molecule has 0 saturated heterocycles. The lowest BCUT2D eigenvalue weighted by atomic mass is 9.90. The molecule has 0 bridgehead atoms. The highest BCUT2D eigenvalue weighted by molar-refractivity contribution is 5.74. The molecule has 0 fully saturated rings. The van der Waals surface area contributed by atoms with Gasteiger partial charge in [0.15, 0.2) is 11.4 Å². The predicted molar refractivity (Wildman–Crippen MR) is 74.6 cm³/mol. The van der Waals surface area contributed by atoms with Gasteiger partial charge in [0.1, 0.15) is 7.05 Å². The summed E-state index contributed by atoms with van der Waals surface area (Å²) in [5.74, 6) is 0. The number of rotatable bonds is 0. The van der Waals surface area contributed by atoms with Crippen LogP contribution in [-0.2, 0) is 18.9 Å². The van der Waals surface area contributed by atoms with Crippen LogP contribution in [0.4, 0.5) is 0 Å². The number of nitrogens with zero attached hydrogens (tertiary/aromatic N) is 1. The van der Waals surface area contributed by atoms with Crippen molar-refractivity contribution in [3.63, 3.8) is 0 Å². The van der Waals surface area contributed by atoms with Crippen molar-refractivity contribution in [1.82, 2.24) is 0 Å². The van der Waals surface area contributed by atoms with E-state index in [4.69, 9.17) is 0 Å². The second kappa shape index (κ2) is 3.68. The third-order valence-electron chi connectivity index (χ3n) is 3.92. The summed E-state index contributed by atoms with van der Waals surface area (Å²) in [5, 5.41) is 0. The van der Waals surface area contributed by atoms with Gasteiger partial charge in [0.05, 0.1) is 6.42 Å². The van der Waals surface area contributed by atoms with Crippen molar-refractivity contribution in [3.8, 4) is 11.1 Å². The van der Waals surface area contributed by atoms with E-state index < -0.39 is 0 Å². The van der Waals surface area contributed by atoms with Crippen LogP contribution in [0.5, 0.6) is 0 Å². The van der Waals surface area contributed by atoms with Crippen LogP contribution in [0.25, 0.3) is 11.1 Å². The monoisotopic (exact) mass is 238 g/mol. The van der Waals surface area contributed by atoms with E-state index in [2.05, 4.69) is 68.8 Å². The van der Waals surface area contributed by atoms with Gasteiger partial charge in [0.2, 0.25) is 0 Å². The zero-order valence-electron chi connectivity index (χ0n) is 11.6. The fraction of sp³-hybridized carbons (Fsp3) is 0.353. The fourth-order valence-corrected chi connectivity index (χ4v) is 3.03. The maximum Gasteiger partial charge on any atom is 0.193 e. The van der Waals surface area contributed by atoms with E-state index in [1.165, 1.54) is 28.1 Å². The first kappa shape index (κ1) is 11.5. The van der Waals surface area contributed by atoms with Gasteiger partial charge in [-0.2, -0.15) is 0 Å². The lowest BCUT2D eigenvalue weighted by Crippen LogP contribution is -2.43. The first-order valence-electron chi connectivity index (χ1n) is 6.59. The van der Waals surface area contributed by atoms with Gasteiger partial charge in [0, 0.05) is 17.0 Å². The molecule has 0 aliphatic heterocycles. The highest BCUT2D eigenvalue weighted by Gasteiger charge is 2.31. The number of hydrogen-bond donors (Lipinski definition) is 0. The van der Waals surface area contributed by atoms with Crippen molar-refractivity contribution >= 4 is 0 Å². The summed E-state index contributed by atoms with van der Waals surface area (Å²) < 4.78 is 2.38. The van der Waals surface area contributed by atoms with Crippen LogP contribution in [0.1, 0.15) is 37.7 Å². The van der Waals surface area contributed by atoms with Gasteiger partial charge in [-0.15, -0.1) is 0 Å². The maximum atomic E-state index is 2.38. The first-order valence-corrected chi connectivity index (χ1v) is 6.59. The largest absolute Gasteiger partial charge is 0.201 e. The lowest BCUT2D eigenvalue weighted by Gasteiger charge is -2.16. The summed E-state index contributed by atoms with van der Waals surface area (Å²) in [6.45, 7) is 6.82. The van der Waals surface area contributed by atoms with E-state index in [0.717, 1.165) is 6.42 Å². The number of fused-ring (bicyclic) bond motifs is 3. The zero-order chi connectivity index (χ0) is 12.9. The molecule has 1 aromatic carbocycles. The molecule has 0 atom stereocenters. The molecule has 0 N–H and O–H groups in total. The average Bonchev–Trinajstić information content (AvgIpc) is 2.68. The molecule has 92 valence electrons. The number of hydrogen-bond acceptors (Lipinski definition) is 0. The van der Waals surface area contributed by atoms with Crippen molar-refractivity contribution < 1.29 is 4.57 Å². The standard InChI is InChI=1S/C17H20N/c1-17(2,3)16-10-9-14-13-8-6-5-7-12(13)11-15(14)18(16)4/h5-10H,11H2,1-4H3/q+1. The van der Waals surface area contributed by atoms with Crippen LogP contribution in [0, 0.1) is 0 Å². The Hall–Kier alpha value is -1.63. The predicted octanol–water partition coefficient (Wildman–Crippen LogP) is 3.38. The molecule has 1 heterocycles. The SMILES string of the molecule is C[n+]1c(C(C)(C)C)ccc2c1Cc1ccccc1-2. The fourth-order valence-electron chi connectivity index (χ4n) is 3.03. The normalized spacial score (nSPS) is 13.3. The highest BCUT2D eigenvalue weighted by atomic mass is 15.0. The second-order valence-electron chi connectivity index (χ2n) is 6.22. The topological polar surface area (TPSA) is 3.88 Å². The van der Waals surface area contributed by atoms with Gasteiger partial charge in [-0.05, 0) is 17.2 Å². The van der Waals surface area contributed by atoms with Crippen molar-refractivity contribution in [2.75, 3.05) is 0 Å². The molecule has 0 spiro atoms. The molecule has 1 aliphatic carbocycles. The van der Waals surface area contributed by atoms with Gasteiger partial charge in [-0.3, -0.25) is 0 Å². The molecule has 1 heteroatoms. The summed E-state index contributed by atoms with van der Waals surface area (Å²) in [7, 11) is 2.20. The third-order valence-corrected chi connectivity index (χ3v) is 3.92. The Kier molecular flexibility index (Phi) is 2.34. The Bertz CT molecular complexity index is 618. The Morgan fingerprint density at radius 1 is 0.944 bits per heavy atom. The molecular weight excluding hydrogens is 218 g/mol. The van der Waals surface area contributed by atoms with Crippen LogP contribution in [0.3, 0.4) is 0 Å². The van der Waals surface area contributed by atoms with Crippen molar-refractivity contribution in [1.29, 1.82) is 0 Å². The van der Waals surface area contributed by atoms with Crippen molar-refractivity contribution in [2.24, 2.45) is 7.05 Å². The molecule has 18 heavy (non-hydrogen) atoms. The van der Waals surface area contributed by atoms with E-state index in [9.17, 15) is 0 Å². The molecule has 3 rings (SSSR count). The zero-order valence-corrected chi connectivity index (χ0v) is 11.6. The minimum Gasteiger partial charge on any atom is -0.201 e. The second-order valence-corrected chi connectivity index (χ2v) is 6.22. The molecule has 0 unspecified atom stereocenters. The Morgan fingerprint density at radius 3 is 2.39 bits per heavy atom. The Labute approximate surface area is 109 Å². The van der Waals surface area contributed by atoms with Gasteiger partial charge >= 0.3 is 0 Å². The number of benzene rings is 1. The number of aromatic nitrogens is 1. The minimum atomic E-state index is 0.193. The van der Waals surface area contributed by atoms with Gasteiger partial charge in [-0.1, -0.05) is 45.0 Å². The van der Waals surface area contributed by atoms with Crippen LogP contribution in [0.2, 0.25) is 0 Å². The van der Waals surface area contributed by atoms with Crippen LogP contribution in [0.15, 0.2) is 36.4 Å². The smallest absolute Gasteiger partial charge is 0.193 e. The van der Waals surface area contributed by atoms with Gasteiger partial charge in [0.25, 0.3) is 0 Å². The Morgan fingerprint density at radius 2 is 1.67 bits per heavy atom. The summed E-state index contributed by atoms with van der Waals surface area (Å²) in [5.41, 5.74) is 7.30. The van der Waals surface area contributed by atoms with Crippen molar-refractivity contribution in [2.45, 2.75) is 32.6 Å². The summed E-state index contributed by atoms with van der Waals surface area (Å²) in [6, 6.07) is 13.3. The van der Waals surface area contributed by atoms with Gasteiger partial charge in [-0.25, -0.2) is 4.57 Å². The molecular formula is C17H20N+. The summed E-state index contributed by atoms with van der Waals surface area (Å²) in [6.07, 6.45) is 1.06. The van der Waals surface area contributed by atoms with E-state index in [1.54, 1.807) is 0 Å². The Balaban J connectivity index is 2.22. The lowest BCUT2D eigenvalue weighted by molar-refractivity contribution is -0.688. The summed E-state index contributed by atoms with van der Waals surface area (Å²) >= 11 is 0. The minimum absolute atomic E-state index is 0.193. The molecule has 1 aliphatic rings. The molecule has 1 nitrogen and oxygen atoms in total. The van der Waals surface area contributed by atoms with Crippen LogP contribution in [-0.4, -0.2) is 0 Å². The number of pyridine rings is 1. The van der Waals surface area contributed by atoms with E-state index in [1.807, 2.05) is 0 Å². The molecule has 0 amide bonds. The van der Waals surface area contributed by atoms with Crippen LogP contribution >= 0.6 is 0 Å². The van der Waals surface area contributed by atoms with E-state index in [0.29, 0.717) is 0 Å². The quantitative estimate of drug-likeness (QED) is 0.529. The molecule has 0 saturated carbocycles. The summed E-state index contributed by atoms with van der Waals surface area (Å²) in [4.78, 5) is 0. The van der Waals surface area contributed by atoms with E-state index >= 15 is 0 Å². The molecule has 0 radical (unpaired) electrons. The third kappa shape index (κ3) is 1.58. The van der Waals surface area contributed by atoms with E-state index in [-0.39, 0.29) is 5.41 Å². The highest BCUT2D eigenvalue weighted by Crippen LogP contribution is 2.35. The molecule has 2 aromatic rings. The molecule has 1 aromatic heterocycles. The first-order chi connectivity index (χ1) is 8.48. The maximum absolute atomic E-state index is 2.38. The van der Waals surface area contributed by atoms with Gasteiger partial charge < -0.3 is 0 Å². The van der Waals surface area contributed by atoms with Crippen LogP contribution < -0.4 is 4.57 Å².